The zero-order chi connectivity index (χ0) is 19.7. The van der Waals surface area contributed by atoms with Crippen LogP contribution in [0.4, 0.5) is 0 Å². The van der Waals surface area contributed by atoms with Gasteiger partial charge in [-0.2, -0.15) is 5.26 Å². The zero-order valence-corrected chi connectivity index (χ0v) is 16.4. The number of nitrogens with zero attached hydrogens (tertiary/aromatic N) is 3. The number of aryl methyl sites for hydroxylation is 3. The van der Waals surface area contributed by atoms with Crippen LogP contribution < -0.4 is 11.0 Å². The van der Waals surface area contributed by atoms with Gasteiger partial charge in [-0.05, 0) is 61.9 Å². The summed E-state index contributed by atoms with van der Waals surface area (Å²) in [6.07, 6.45) is 5.52. The van der Waals surface area contributed by atoms with Crippen LogP contribution in [0.25, 0.3) is 10.2 Å². The van der Waals surface area contributed by atoms with E-state index in [0.29, 0.717) is 28.8 Å². The molecule has 1 aliphatic rings. The van der Waals surface area contributed by atoms with Crippen LogP contribution in [-0.4, -0.2) is 15.6 Å². The summed E-state index contributed by atoms with van der Waals surface area (Å²) in [6, 6.07) is 8.36. The van der Waals surface area contributed by atoms with Crippen molar-refractivity contribution in [2.24, 2.45) is 0 Å². The molecular formula is C21H20N4O2S. The Hall–Kier alpha value is -2.98. The highest BCUT2D eigenvalue weighted by molar-refractivity contribution is 7.18. The Bertz CT molecular complexity index is 1150. The third-order valence-electron chi connectivity index (χ3n) is 5.02. The number of carbonyl (C=O) groups excluding carboxylic acids is 1. The van der Waals surface area contributed by atoms with Crippen molar-refractivity contribution < 1.29 is 4.79 Å². The van der Waals surface area contributed by atoms with Crippen LogP contribution in [0.1, 0.15) is 58.4 Å². The van der Waals surface area contributed by atoms with E-state index in [1.807, 2.05) is 13.0 Å². The second-order valence-corrected chi connectivity index (χ2v) is 8.02. The van der Waals surface area contributed by atoms with E-state index in [1.165, 1.54) is 9.55 Å². The summed E-state index contributed by atoms with van der Waals surface area (Å²) >= 11 is 1.61. The van der Waals surface area contributed by atoms with Gasteiger partial charge in [0.1, 0.15) is 10.7 Å². The monoisotopic (exact) mass is 392 g/mol. The van der Waals surface area contributed by atoms with E-state index in [0.717, 1.165) is 42.5 Å². The third-order valence-corrected chi connectivity index (χ3v) is 6.21. The van der Waals surface area contributed by atoms with Crippen LogP contribution in [-0.2, 0) is 19.3 Å². The van der Waals surface area contributed by atoms with Crippen molar-refractivity contribution in [1.29, 1.82) is 5.26 Å². The summed E-state index contributed by atoms with van der Waals surface area (Å²) in [6.45, 7) is 2.02. The normalized spacial score (nSPS) is 13.1. The van der Waals surface area contributed by atoms with Gasteiger partial charge in [-0.15, -0.1) is 11.3 Å². The molecule has 1 aliphatic carbocycles. The molecule has 4 rings (SSSR count). The molecular weight excluding hydrogens is 372 g/mol. The highest BCUT2D eigenvalue weighted by atomic mass is 32.1. The lowest BCUT2D eigenvalue weighted by molar-refractivity contribution is 0.101. The van der Waals surface area contributed by atoms with Gasteiger partial charge in [-0.25, -0.2) is 9.66 Å². The number of thiophene rings is 1. The molecule has 0 spiro atoms. The van der Waals surface area contributed by atoms with Crippen molar-refractivity contribution in [3.8, 4) is 6.07 Å². The standard InChI is InChI=1S/C21H20N4O2S/c1-2-5-17-23-20-18(15-6-3-4-7-16(15)28-20)21(27)25(17)24-19(26)14-10-8-13(12-22)9-11-14/h8-11H,2-7H2,1H3,(H,24,26). The van der Waals surface area contributed by atoms with Gasteiger partial charge in [-0.1, -0.05) is 6.92 Å². The lowest BCUT2D eigenvalue weighted by Crippen LogP contribution is -2.36. The fourth-order valence-electron chi connectivity index (χ4n) is 3.62. The first kappa shape index (κ1) is 18.4. The van der Waals surface area contributed by atoms with Crippen molar-refractivity contribution in [2.75, 3.05) is 5.43 Å². The van der Waals surface area contributed by atoms with Crippen molar-refractivity contribution >= 4 is 27.5 Å². The van der Waals surface area contributed by atoms with E-state index in [1.54, 1.807) is 35.6 Å². The number of amides is 1. The first-order chi connectivity index (χ1) is 13.6. The Balaban J connectivity index is 1.79. The Kier molecular flexibility index (Phi) is 4.97. The minimum atomic E-state index is -0.394. The maximum Gasteiger partial charge on any atom is 0.281 e. The summed E-state index contributed by atoms with van der Waals surface area (Å²) in [5.41, 5.74) is 4.51. The lowest BCUT2D eigenvalue weighted by Gasteiger charge is -2.14. The van der Waals surface area contributed by atoms with Gasteiger partial charge in [0.25, 0.3) is 11.5 Å². The van der Waals surface area contributed by atoms with E-state index < -0.39 is 5.91 Å². The predicted octanol–water partition coefficient (Wildman–Crippen LogP) is 3.54. The quantitative estimate of drug-likeness (QED) is 0.735. The number of benzene rings is 1. The topological polar surface area (TPSA) is 87.8 Å². The molecule has 0 bridgehead atoms. The van der Waals surface area contributed by atoms with Gasteiger partial charge in [-0.3, -0.25) is 15.0 Å². The van der Waals surface area contributed by atoms with E-state index in [2.05, 4.69) is 5.43 Å². The number of aromatic nitrogens is 2. The number of hydrogen-bond acceptors (Lipinski definition) is 5. The molecule has 0 aliphatic heterocycles. The van der Waals surface area contributed by atoms with Crippen LogP contribution in [0, 0.1) is 11.3 Å². The van der Waals surface area contributed by atoms with Gasteiger partial charge in [0, 0.05) is 16.9 Å². The highest BCUT2D eigenvalue weighted by Crippen LogP contribution is 2.33. The second kappa shape index (κ2) is 7.56. The Morgan fingerprint density at radius 3 is 2.75 bits per heavy atom. The number of nitriles is 1. The molecule has 0 radical (unpaired) electrons. The molecule has 0 saturated carbocycles. The Morgan fingerprint density at radius 2 is 2.04 bits per heavy atom. The average Bonchev–Trinajstić information content (AvgIpc) is 3.09. The zero-order valence-electron chi connectivity index (χ0n) is 15.6. The summed E-state index contributed by atoms with van der Waals surface area (Å²) < 4.78 is 1.31. The van der Waals surface area contributed by atoms with Crippen LogP contribution in [0.2, 0.25) is 0 Å². The molecule has 1 amide bonds. The minimum Gasteiger partial charge on any atom is -0.267 e. The molecule has 1 aromatic carbocycles. The van der Waals surface area contributed by atoms with Gasteiger partial charge in [0.2, 0.25) is 0 Å². The molecule has 0 unspecified atom stereocenters. The van der Waals surface area contributed by atoms with Crippen molar-refractivity contribution in [3.63, 3.8) is 0 Å². The fraction of sp³-hybridized carbons (Fsp3) is 0.333. The molecule has 0 fully saturated rings. The second-order valence-electron chi connectivity index (χ2n) is 6.94. The molecule has 6 nitrogen and oxygen atoms in total. The van der Waals surface area contributed by atoms with Crippen molar-refractivity contribution in [2.45, 2.75) is 45.4 Å². The molecule has 1 N–H and O–H groups in total. The number of hydrogen-bond donors (Lipinski definition) is 1. The Morgan fingerprint density at radius 1 is 1.29 bits per heavy atom. The largest absolute Gasteiger partial charge is 0.281 e. The molecule has 2 heterocycles. The summed E-state index contributed by atoms with van der Waals surface area (Å²) in [5, 5.41) is 9.56. The molecule has 0 saturated heterocycles. The maximum absolute atomic E-state index is 13.3. The van der Waals surface area contributed by atoms with Crippen LogP contribution in [0.3, 0.4) is 0 Å². The lowest BCUT2D eigenvalue weighted by atomic mass is 9.97. The summed E-state index contributed by atoms with van der Waals surface area (Å²) in [5.74, 6) is 0.176. The summed E-state index contributed by atoms with van der Waals surface area (Å²) in [7, 11) is 0. The first-order valence-electron chi connectivity index (χ1n) is 9.50. The number of rotatable bonds is 4. The average molecular weight is 392 g/mol. The van der Waals surface area contributed by atoms with E-state index >= 15 is 0 Å². The molecule has 0 atom stereocenters. The van der Waals surface area contributed by atoms with E-state index in [-0.39, 0.29) is 5.56 Å². The predicted molar refractivity (Wildman–Crippen MR) is 109 cm³/mol. The van der Waals surface area contributed by atoms with Crippen LogP contribution in [0.15, 0.2) is 29.1 Å². The first-order valence-corrected chi connectivity index (χ1v) is 10.3. The van der Waals surface area contributed by atoms with Gasteiger partial charge in [0.15, 0.2) is 0 Å². The number of carbonyl (C=O) groups is 1. The van der Waals surface area contributed by atoms with Crippen LogP contribution >= 0.6 is 11.3 Å². The van der Waals surface area contributed by atoms with Gasteiger partial charge in [0.05, 0.1) is 17.0 Å². The van der Waals surface area contributed by atoms with E-state index in [9.17, 15) is 9.59 Å². The molecule has 28 heavy (non-hydrogen) atoms. The summed E-state index contributed by atoms with van der Waals surface area (Å²) in [4.78, 5) is 32.8. The minimum absolute atomic E-state index is 0.199. The van der Waals surface area contributed by atoms with Gasteiger partial charge < -0.3 is 0 Å². The Labute approximate surface area is 166 Å². The molecule has 3 aromatic rings. The highest BCUT2D eigenvalue weighted by Gasteiger charge is 2.22. The molecule has 2 aromatic heterocycles. The van der Waals surface area contributed by atoms with E-state index in [4.69, 9.17) is 10.2 Å². The van der Waals surface area contributed by atoms with Crippen LogP contribution in [0.5, 0.6) is 0 Å². The van der Waals surface area contributed by atoms with Crippen molar-refractivity contribution in [3.05, 3.63) is 62.0 Å². The van der Waals surface area contributed by atoms with Crippen molar-refractivity contribution in [1.82, 2.24) is 9.66 Å². The smallest absolute Gasteiger partial charge is 0.267 e. The number of nitrogens with one attached hydrogen (secondary N) is 1. The number of fused-ring (bicyclic) bond motifs is 3. The maximum atomic E-state index is 13.3. The molecule has 142 valence electrons. The third kappa shape index (κ3) is 3.20. The SMILES string of the molecule is CCCc1nc2sc3c(c2c(=O)n1NC(=O)c1ccc(C#N)cc1)CCCC3. The van der Waals surface area contributed by atoms with Gasteiger partial charge >= 0.3 is 0 Å². The molecule has 7 heteroatoms. The fourth-order valence-corrected chi connectivity index (χ4v) is 4.89.